The third-order valence-corrected chi connectivity index (χ3v) is 4.39. The number of anilines is 1. The number of sulfone groups is 1. The first-order valence-corrected chi connectivity index (χ1v) is 8.67. The molecule has 0 unspecified atom stereocenters. The van der Waals surface area contributed by atoms with Gasteiger partial charge in [-0.05, 0) is 31.2 Å². The molecule has 21 heavy (non-hydrogen) atoms. The van der Waals surface area contributed by atoms with Crippen LogP contribution in [0.1, 0.15) is 6.92 Å². The van der Waals surface area contributed by atoms with Gasteiger partial charge in [0.15, 0.2) is 9.84 Å². The highest BCUT2D eigenvalue weighted by Gasteiger charge is 2.18. The highest BCUT2D eigenvalue weighted by molar-refractivity contribution is 7.90. The summed E-state index contributed by atoms with van der Waals surface area (Å²) < 4.78 is 28.1. The van der Waals surface area contributed by atoms with E-state index < -0.39 is 9.84 Å². The zero-order chi connectivity index (χ0) is 15.5. The predicted octanol–water partition coefficient (Wildman–Crippen LogP) is 0.749. The van der Waals surface area contributed by atoms with Crippen molar-refractivity contribution >= 4 is 21.4 Å². The van der Waals surface area contributed by atoms with Gasteiger partial charge in [-0.15, -0.1) is 0 Å². The summed E-state index contributed by atoms with van der Waals surface area (Å²) in [5, 5.41) is 2.77. The predicted molar refractivity (Wildman–Crippen MR) is 80.0 cm³/mol. The minimum Gasteiger partial charge on any atom is -0.376 e. The van der Waals surface area contributed by atoms with Gasteiger partial charge in [0.05, 0.1) is 24.2 Å². The molecular formula is C14H20N2O4S. The molecule has 0 aromatic heterocycles. The zero-order valence-electron chi connectivity index (χ0n) is 12.2. The van der Waals surface area contributed by atoms with Crippen LogP contribution in [0.5, 0.6) is 0 Å². The lowest BCUT2D eigenvalue weighted by Crippen LogP contribution is -2.44. The summed E-state index contributed by atoms with van der Waals surface area (Å²) in [5.74, 6) is -0.115. The van der Waals surface area contributed by atoms with E-state index in [0.29, 0.717) is 18.8 Å². The molecular weight excluding hydrogens is 292 g/mol. The molecule has 6 nitrogen and oxygen atoms in total. The molecule has 0 bridgehead atoms. The van der Waals surface area contributed by atoms with Gasteiger partial charge in [-0.3, -0.25) is 9.69 Å². The number of amides is 1. The van der Waals surface area contributed by atoms with Crippen LogP contribution in [0, 0.1) is 0 Å². The first-order chi connectivity index (χ1) is 9.84. The molecule has 1 amide bonds. The smallest absolute Gasteiger partial charge is 0.238 e. The molecule has 1 N–H and O–H groups in total. The molecule has 0 spiro atoms. The zero-order valence-corrected chi connectivity index (χ0v) is 13.0. The van der Waals surface area contributed by atoms with E-state index in [-0.39, 0.29) is 16.9 Å². The summed E-state index contributed by atoms with van der Waals surface area (Å²) in [6.45, 7) is 4.40. The second kappa shape index (κ2) is 6.55. The van der Waals surface area contributed by atoms with E-state index in [1.807, 2.05) is 11.8 Å². The fourth-order valence-corrected chi connectivity index (χ4v) is 2.85. The van der Waals surface area contributed by atoms with E-state index in [0.717, 1.165) is 19.3 Å². The van der Waals surface area contributed by atoms with Crippen LogP contribution in [0.3, 0.4) is 0 Å². The van der Waals surface area contributed by atoms with E-state index in [1.165, 1.54) is 12.1 Å². The van der Waals surface area contributed by atoms with Crippen molar-refractivity contribution < 1.29 is 17.9 Å². The molecule has 116 valence electrons. The molecule has 1 aliphatic rings. The van der Waals surface area contributed by atoms with Gasteiger partial charge in [0.25, 0.3) is 0 Å². The van der Waals surface area contributed by atoms with Crippen molar-refractivity contribution in [3.8, 4) is 0 Å². The molecule has 1 heterocycles. The second-order valence-electron chi connectivity index (χ2n) is 5.26. The van der Waals surface area contributed by atoms with E-state index >= 15 is 0 Å². The van der Waals surface area contributed by atoms with E-state index in [2.05, 4.69) is 5.32 Å². The highest BCUT2D eigenvalue weighted by atomic mass is 32.2. The van der Waals surface area contributed by atoms with Gasteiger partial charge in [0.2, 0.25) is 5.91 Å². The maximum atomic E-state index is 12.0. The summed E-state index contributed by atoms with van der Waals surface area (Å²) in [4.78, 5) is 14.2. The van der Waals surface area contributed by atoms with Gasteiger partial charge in [-0.1, -0.05) is 0 Å². The Bertz CT molecular complexity index is 598. The lowest BCUT2D eigenvalue weighted by molar-refractivity contribution is -0.119. The SMILES string of the molecule is C[C@H]1CN(CC(=O)Nc2ccc(S(C)(=O)=O)cc2)CCO1. The van der Waals surface area contributed by atoms with Crippen LogP contribution in [0.15, 0.2) is 29.2 Å². The molecule has 1 fully saturated rings. The molecule has 2 rings (SSSR count). The van der Waals surface area contributed by atoms with Gasteiger partial charge >= 0.3 is 0 Å². The third kappa shape index (κ3) is 4.80. The Hall–Kier alpha value is -1.44. The van der Waals surface area contributed by atoms with Crippen LogP contribution in [0.2, 0.25) is 0 Å². The Morgan fingerprint density at radius 1 is 1.38 bits per heavy atom. The van der Waals surface area contributed by atoms with Crippen molar-refractivity contribution in [3.05, 3.63) is 24.3 Å². The number of nitrogens with zero attached hydrogens (tertiary/aromatic N) is 1. The summed E-state index contributed by atoms with van der Waals surface area (Å²) in [5.41, 5.74) is 0.591. The second-order valence-corrected chi connectivity index (χ2v) is 7.28. The molecule has 1 aliphatic heterocycles. The quantitative estimate of drug-likeness (QED) is 0.888. The average molecular weight is 312 g/mol. The fourth-order valence-electron chi connectivity index (χ4n) is 2.22. The van der Waals surface area contributed by atoms with Crippen molar-refractivity contribution in [2.24, 2.45) is 0 Å². The summed E-state index contributed by atoms with van der Waals surface area (Å²) in [7, 11) is -3.21. The summed E-state index contributed by atoms with van der Waals surface area (Å²) >= 11 is 0. The number of nitrogens with one attached hydrogen (secondary N) is 1. The lowest BCUT2D eigenvalue weighted by atomic mass is 10.3. The third-order valence-electron chi connectivity index (χ3n) is 3.26. The van der Waals surface area contributed by atoms with Crippen LogP contribution in [-0.2, 0) is 19.4 Å². The minimum atomic E-state index is -3.21. The molecule has 0 aliphatic carbocycles. The van der Waals surface area contributed by atoms with Gasteiger partial charge in [0, 0.05) is 25.0 Å². The molecule has 7 heteroatoms. The van der Waals surface area contributed by atoms with E-state index in [1.54, 1.807) is 12.1 Å². The van der Waals surface area contributed by atoms with E-state index in [4.69, 9.17) is 4.74 Å². The van der Waals surface area contributed by atoms with Gasteiger partial charge in [-0.2, -0.15) is 0 Å². The largest absolute Gasteiger partial charge is 0.376 e. The monoisotopic (exact) mass is 312 g/mol. The topological polar surface area (TPSA) is 75.7 Å². The normalized spacial score (nSPS) is 20.2. The number of carbonyl (C=O) groups is 1. The number of morpholine rings is 1. The number of rotatable bonds is 4. The van der Waals surface area contributed by atoms with Gasteiger partial charge in [0.1, 0.15) is 0 Å². The highest BCUT2D eigenvalue weighted by Crippen LogP contribution is 2.14. The number of ether oxygens (including phenoxy) is 1. The van der Waals surface area contributed by atoms with Crippen LogP contribution < -0.4 is 5.32 Å². The van der Waals surface area contributed by atoms with Crippen LogP contribution in [0.4, 0.5) is 5.69 Å². The Balaban J connectivity index is 1.90. The Morgan fingerprint density at radius 2 is 2.05 bits per heavy atom. The van der Waals surface area contributed by atoms with Crippen molar-refractivity contribution in [3.63, 3.8) is 0 Å². The maximum absolute atomic E-state index is 12.0. The molecule has 1 aromatic carbocycles. The number of hydrogen-bond acceptors (Lipinski definition) is 5. The van der Waals surface area contributed by atoms with Crippen LogP contribution in [-0.4, -0.2) is 57.8 Å². The first kappa shape index (κ1) is 15.9. The lowest BCUT2D eigenvalue weighted by Gasteiger charge is -2.30. The van der Waals surface area contributed by atoms with Crippen molar-refractivity contribution in [2.45, 2.75) is 17.9 Å². The Labute approximate surface area is 125 Å². The molecule has 0 saturated carbocycles. The van der Waals surface area contributed by atoms with Gasteiger partial charge < -0.3 is 10.1 Å². The van der Waals surface area contributed by atoms with Crippen molar-refractivity contribution in [1.82, 2.24) is 4.90 Å². The molecule has 1 aromatic rings. The fraction of sp³-hybridized carbons (Fsp3) is 0.500. The van der Waals surface area contributed by atoms with Crippen molar-refractivity contribution in [2.75, 3.05) is 37.8 Å². The molecule has 1 atom stereocenters. The van der Waals surface area contributed by atoms with Crippen LogP contribution >= 0.6 is 0 Å². The molecule has 1 saturated heterocycles. The Morgan fingerprint density at radius 3 is 2.62 bits per heavy atom. The number of carbonyl (C=O) groups excluding carboxylic acids is 1. The molecule has 0 radical (unpaired) electrons. The van der Waals surface area contributed by atoms with Gasteiger partial charge in [-0.25, -0.2) is 8.42 Å². The number of hydrogen-bond donors (Lipinski definition) is 1. The minimum absolute atomic E-state index is 0.115. The van der Waals surface area contributed by atoms with Crippen molar-refractivity contribution in [1.29, 1.82) is 0 Å². The number of benzene rings is 1. The van der Waals surface area contributed by atoms with E-state index in [9.17, 15) is 13.2 Å². The summed E-state index contributed by atoms with van der Waals surface area (Å²) in [6.07, 6.45) is 1.29. The summed E-state index contributed by atoms with van der Waals surface area (Å²) in [6, 6.07) is 6.16. The first-order valence-electron chi connectivity index (χ1n) is 6.78. The maximum Gasteiger partial charge on any atom is 0.238 e. The average Bonchev–Trinajstić information content (AvgIpc) is 2.38. The standard InChI is InChI=1S/C14H20N2O4S/c1-11-9-16(7-8-20-11)10-14(17)15-12-3-5-13(6-4-12)21(2,18)19/h3-6,11H,7-10H2,1-2H3,(H,15,17)/t11-/m0/s1. The Kier molecular flexibility index (Phi) is 4.97. The van der Waals surface area contributed by atoms with Crippen LogP contribution in [0.25, 0.3) is 0 Å².